The molecule has 0 aromatic heterocycles. The van der Waals surface area contributed by atoms with Crippen molar-refractivity contribution in [3.63, 3.8) is 0 Å². The van der Waals surface area contributed by atoms with Gasteiger partial charge in [-0.2, -0.15) is 0 Å². The minimum absolute atomic E-state index is 0.0683. The molecular formula is C12H14BrNO5S. The highest BCUT2D eigenvalue weighted by Gasteiger charge is 2.30. The number of aromatic carboxylic acids is 1. The molecule has 0 radical (unpaired) electrons. The zero-order valence-corrected chi connectivity index (χ0v) is 13.2. The van der Waals surface area contributed by atoms with E-state index >= 15 is 0 Å². The number of halogens is 1. The first-order valence-electron chi connectivity index (χ1n) is 6.03. The van der Waals surface area contributed by atoms with E-state index in [2.05, 4.69) is 15.9 Å². The number of hydroxylamine groups is 1. The van der Waals surface area contributed by atoms with Crippen LogP contribution in [0.4, 0.5) is 0 Å². The predicted molar refractivity (Wildman–Crippen MR) is 74.9 cm³/mol. The van der Waals surface area contributed by atoms with Crippen LogP contribution in [0.1, 0.15) is 28.8 Å². The molecule has 1 heterocycles. The van der Waals surface area contributed by atoms with Crippen LogP contribution in [0, 0.1) is 6.92 Å². The van der Waals surface area contributed by atoms with E-state index in [0.29, 0.717) is 23.1 Å². The van der Waals surface area contributed by atoms with E-state index in [1.165, 1.54) is 6.07 Å². The van der Waals surface area contributed by atoms with Crippen LogP contribution in [0.15, 0.2) is 21.5 Å². The molecule has 0 atom stereocenters. The van der Waals surface area contributed by atoms with Crippen molar-refractivity contribution in [1.82, 2.24) is 4.47 Å². The van der Waals surface area contributed by atoms with Crippen LogP contribution in [-0.4, -0.2) is 37.1 Å². The van der Waals surface area contributed by atoms with Crippen molar-refractivity contribution in [2.75, 3.05) is 13.2 Å². The third-order valence-electron chi connectivity index (χ3n) is 2.98. The van der Waals surface area contributed by atoms with Crippen LogP contribution in [0.25, 0.3) is 0 Å². The average Bonchev–Trinajstić information content (AvgIpc) is 2.42. The lowest BCUT2D eigenvalue weighted by atomic mass is 10.1. The molecule has 110 valence electrons. The summed E-state index contributed by atoms with van der Waals surface area (Å²) in [5.74, 6) is -1.17. The molecular weight excluding hydrogens is 350 g/mol. The predicted octanol–water partition coefficient (Wildman–Crippen LogP) is 2.17. The standard InChI is InChI=1S/C12H14BrNO5S/c1-8-6-9(12(15)16)7-10(11(8)13)20(17,18)14-4-2-3-5-19-14/h6-7H,2-5H2,1H3,(H,15,16). The molecule has 0 aliphatic carbocycles. The van der Waals surface area contributed by atoms with Crippen LogP contribution in [0.3, 0.4) is 0 Å². The second kappa shape index (κ2) is 5.80. The maximum Gasteiger partial charge on any atom is 0.335 e. The molecule has 1 aliphatic rings. The number of benzene rings is 1. The Morgan fingerprint density at radius 1 is 1.40 bits per heavy atom. The highest BCUT2D eigenvalue weighted by atomic mass is 79.9. The smallest absolute Gasteiger partial charge is 0.335 e. The van der Waals surface area contributed by atoms with Crippen molar-refractivity contribution in [3.05, 3.63) is 27.7 Å². The molecule has 1 aliphatic heterocycles. The number of rotatable bonds is 3. The van der Waals surface area contributed by atoms with Crippen molar-refractivity contribution in [3.8, 4) is 0 Å². The quantitative estimate of drug-likeness (QED) is 0.889. The van der Waals surface area contributed by atoms with Gasteiger partial charge in [-0.25, -0.2) is 13.2 Å². The molecule has 6 nitrogen and oxygen atoms in total. The van der Waals surface area contributed by atoms with Crippen molar-refractivity contribution in [2.24, 2.45) is 0 Å². The Bertz CT molecular complexity index is 637. The maximum absolute atomic E-state index is 12.5. The van der Waals surface area contributed by atoms with Gasteiger partial charge in [0.1, 0.15) is 0 Å². The van der Waals surface area contributed by atoms with Crippen molar-refractivity contribution in [1.29, 1.82) is 0 Å². The summed E-state index contributed by atoms with van der Waals surface area (Å²) >= 11 is 3.21. The Balaban J connectivity index is 2.52. The summed E-state index contributed by atoms with van der Waals surface area (Å²) in [5.41, 5.74) is 0.474. The first kappa shape index (κ1) is 15.4. The Labute approximate surface area is 125 Å². The summed E-state index contributed by atoms with van der Waals surface area (Å²) in [5, 5.41) is 9.05. The number of aryl methyl sites for hydroxylation is 1. The Kier molecular flexibility index (Phi) is 4.48. The van der Waals surface area contributed by atoms with Gasteiger partial charge in [-0.15, -0.1) is 0 Å². The van der Waals surface area contributed by atoms with E-state index in [9.17, 15) is 13.2 Å². The molecule has 1 saturated heterocycles. The lowest BCUT2D eigenvalue weighted by molar-refractivity contribution is -0.108. The van der Waals surface area contributed by atoms with Crippen LogP contribution in [0.5, 0.6) is 0 Å². The molecule has 1 fully saturated rings. The summed E-state index contributed by atoms with van der Waals surface area (Å²) in [6.45, 7) is 2.26. The number of carboxylic acid groups (broad SMARTS) is 1. The second-order valence-electron chi connectivity index (χ2n) is 4.48. The van der Waals surface area contributed by atoms with Gasteiger partial charge in [-0.3, -0.25) is 4.84 Å². The third kappa shape index (κ3) is 2.88. The maximum atomic E-state index is 12.5. The lowest BCUT2D eigenvalue weighted by Gasteiger charge is -2.26. The molecule has 1 aromatic rings. The van der Waals surface area contributed by atoms with Gasteiger partial charge in [0.2, 0.25) is 0 Å². The van der Waals surface area contributed by atoms with E-state index in [1.807, 2.05) is 0 Å². The Morgan fingerprint density at radius 3 is 2.65 bits per heavy atom. The molecule has 2 rings (SSSR count). The van der Waals surface area contributed by atoms with Crippen molar-refractivity contribution < 1.29 is 23.2 Å². The highest BCUT2D eigenvalue weighted by Crippen LogP contribution is 2.30. The summed E-state index contributed by atoms with van der Waals surface area (Å²) < 4.78 is 26.3. The van der Waals surface area contributed by atoms with Gasteiger partial charge in [0.15, 0.2) is 0 Å². The molecule has 20 heavy (non-hydrogen) atoms. The Morgan fingerprint density at radius 2 is 2.10 bits per heavy atom. The zero-order valence-electron chi connectivity index (χ0n) is 10.8. The number of carboxylic acids is 1. The first-order valence-corrected chi connectivity index (χ1v) is 8.26. The van der Waals surface area contributed by atoms with E-state index in [-0.39, 0.29) is 17.0 Å². The fourth-order valence-electron chi connectivity index (χ4n) is 1.92. The van der Waals surface area contributed by atoms with E-state index in [4.69, 9.17) is 9.94 Å². The normalized spacial score (nSPS) is 17.1. The minimum Gasteiger partial charge on any atom is -0.478 e. The summed E-state index contributed by atoms with van der Waals surface area (Å²) in [4.78, 5) is 16.1. The highest BCUT2D eigenvalue weighted by molar-refractivity contribution is 9.10. The molecule has 8 heteroatoms. The Hall–Kier alpha value is -0.960. The molecule has 0 bridgehead atoms. The molecule has 0 unspecified atom stereocenters. The van der Waals surface area contributed by atoms with Crippen LogP contribution in [0.2, 0.25) is 0 Å². The monoisotopic (exact) mass is 363 g/mol. The zero-order chi connectivity index (χ0) is 14.9. The SMILES string of the molecule is Cc1cc(C(=O)O)cc(S(=O)(=O)N2CCCCO2)c1Br. The first-order chi connectivity index (χ1) is 9.34. The number of sulfonamides is 1. The number of hydrogen-bond donors (Lipinski definition) is 1. The van der Waals surface area contributed by atoms with Gasteiger partial charge in [-0.05, 0) is 53.4 Å². The van der Waals surface area contributed by atoms with Crippen LogP contribution >= 0.6 is 15.9 Å². The fraction of sp³-hybridized carbons (Fsp3) is 0.417. The van der Waals surface area contributed by atoms with E-state index in [1.54, 1.807) is 6.92 Å². The van der Waals surface area contributed by atoms with Gasteiger partial charge >= 0.3 is 5.97 Å². The van der Waals surface area contributed by atoms with Gasteiger partial charge in [0.05, 0.1) is 17.1 Å². The molecule has 0 amide bonds. The molecule has 0 saturated carbocycles. The molecule has 1 N–H and O–H groups in total. The van der Waals surface area contributed by atoms with Crippen molar-refractivity contribution in [2.45, 2.75) is 24.7 Å². The topological polar surface area (TPSA) is 83.9 Å². The fourth-order valence-corrected chi connectivity index (χ4v) is 4.23. The van der Waals surface area contributed by atoms with Crippen LogP contribution in [-0.2, 0) is 14.9 Å². The van der Waals surface area contributed by atoms with Gasteiger partial charge < -0.3 is 5.11 Å². The van der Waals surface area contributed by atoms with Crippen molar-refractivity contribution >= 4 is 31.9 Å². The van der Waals surface area contributed by atoms with Crippen LogP contribution < -0.4 is 0 Å². The average molecular weight is 364 g/mol. The molecule has 0 spiro atoms. The summed E-state index contributed by atoms with van der Waals surface area (Å²) in [6.07, 6.45) is 1.52. The van der Waals surface area contributed by atoms with Gasteiger partial charge in [0.25, 0.3) is 10.0 Å². The number of hydrogen-bond acceptors (Lipinski definition) is 4. The second-order valence-corrected chi connectivity index (χ2v) is 7.07. The van der Waals surface area contributed by atoms with E-state index in [0.717, 1.165) is 17.0 Å². The largest absolute Gasteiger partial charge is 0.478 e. The number of carbonyl (C=O) groups is 1. The summed E-state index contributed by atoms with van der Waals surface area (Å²) in [7, 11) is -3.87. The summed E-state index contributed by atoms with van der Waals surface area (Å²) in [6, 6.07) is 2.56. The lowest BCUT2D eigenvalue weighted by Crippen LogP contribution is -2.36. The van der Waals surface area contributed by atoms with Gasteiger partial charge in [0, 0.05) is 11.0 Å². The molecule has 1 aromatic carbocycles. The van der Waals surface area contributed by atoms with E-state index < -0.39 is 16.0 Å². The number of nitrogens with zero attached hydrogens (tertiary/aromatic N) is 1. The minimum atomic E-state index is -3.87. The van der Waals surface area contributed by atoms with Gasteiger partial charge in [-0.1, -0.05) is 4.47 Å². The third-order valence-corrected chi connectivity index (χ3v) is 6.00.